The highest BCUT2D eigenvalue weighted by Crippen LogP contribution is 2.31. The largest absolute Gasteiger partial charge is 0.478 e. The van der Waals surface area contributed by atoms with E-state index < -0.39 is 22.0 Å². The maximum atomic E-state index is 11.7. The molecule has 0 fully saturated rings. The monoisotopic (exact) mass is 256 g/mol. The van der Waals surface area contributed by atoms with E-state index in [1.54, 1.807) is 4.72 Å². The number of urea groups is 1. The summed E-state index contributed by atoms with van der Waals surface area (Å²) in [6.45, 7) is 0. The number of aromatic carboxylic acids is 1. The van der Waals surface area contributed by atoms with E-state index in [2.05, 4.69) is 0 Å². The number of nitrogens with one attached hydrogen (secondary N) is 1. The summed E-state index contributed by atoms with van der Waals surface area (Å²) >= 11 is 0. The average Bonchev–Trinajstić information content (AvgIpc) is 2.24. The normalized spacial score (nSPS) is 17.2. The Hall–Kier alpha value is -2.09. The number of sulfonamides is 1. The van der Waals surface area contributed by atoms with Gasteiger partial charge < -0.3 is 5.11 Å². The Labute approximate surface area is 96.7 Å². The highest BCUT2D eigenvalue weighted by molar-refractivity contribution is 7.90. The van der Waals surface area contributed by atoms with Gasteiger partial charge in [-0.3, -0.25) is 4.90 Å². The summed E-state index contributed by atoms with van der Waals surface area (Å²) in [6, 6.07) is 2.91. The topological polar surface area (TPSA) is 104 Å². The van der Waals surface area contributed by atoms with Crippen molar-refractivity contribution in [1.29, 1.82) is 0 Å². The Balaban J connectivity index is 2.84. The smallest absolute Gasteiger partial charge is 0.337 e. The first-order valence-corrected chi connectivity index (χ1v) is 6.00. The molecule has 7 nitrogen and oxygen atoms in total. The maximum absolute atomic E-state index is 11.7. The number of hydrogen-bond donors (Lipinski definition) is 2. The number of carboxylic acid groups (broad SMARTS) is 1. The van der Waals surface area contributed by atoms with Gasteiger partial charge in [0.25, 0.3) is 10.0 Å². The second-order valence-corrected chi connectivity index (χ2v) is 5.08. The number of carboxylic acids is 1. The van der Waals surface area contributed by atoms with Crippen LogP contribution in [0.1, 0.15) is 10.4 Å². The van der Waals surface area contributed by atoms with Crippen LogP contribution in [-0.2, 0) is 10.0 Å². The van der Waals surface area contributed by atoms with Crippen LogP contribution in [0.4, 0.5) is 10.5 Å². The molecular formula is C9H8N2O5S. The van der Waals surface area contributed by atoms with Gasteiger partial charge in [0.15, 0.2) is 0 Å². The molecule has 1 aromatic carbocycles. The molecule has 0 atom stereocenters. The van der Waals surface area contributed by atoms with Gasteiger partial charge in [0.2, 0.25) is 0 Å². The Morgan fingerprint density at radius 1 is 1.41 bits per heavy atom. The predicted octanol–water partition coefficient (Wildman–Crippen LogP) is 0.233. The van der Waals surface area contributed by atoms with Crippen LogP contribution in [-0.4, -0.2) is 32.6 Å². The highest BCUT2D eigenvalue weighted by Gasteiger charge is 2.34. The van der Waals surface area contributed by atoms with Gasteiger partial charge in [0, 0.05) is 7.05 Å². The molecule has 2 rings (SSSR count). The number of benzene rings is 1. The molecule has 90 valence electrons. The summed E-state index contributed by atoms with van der Waals surface area (Å²) in [4.78, 5) is 23.1. The number of para-hydroxylation sites is 1. The zero-order valence-corrected chi connectivity index (χ0v) is 9.48. The minimum absolute atomic E-state index is 0.122. The lowest BCUT2D eigenvalue weighted by atomic mass is 10.1. The molecule has 0 aliphatic carbocycles. The highest BCUT2D eigenvalue weighted by atomic mass is 32.2. The van der Waals surface area contributed by atoms with Gasteiger partial charge in [0.1, 0.15) is 4.90 Å². The lowest BCUT2D eigenvalue weighted by molar-refractivity contribution is 0.0697. The van der Waals surface area contributed by atoms with Crippen LogP contribution >= 0.6 is 0 Å². The molecule has 0 aromatic heterocycles. The fourth-order valence-corrected chi connectivity index (χ4v) is 2.83. The lowest BCUT2D eigenvalue weighted by Crippen LogP contribution is -2.46. The van der Waals surface area contributed by atoms with Gasteiger partial charge in [-0.15, -0.1) is 0 Å². The minimum Gasteiger partial charge on any atom is -0.478 e. The molecule has 1 aliphatic rings. The second kappa shape index (κ2) is 3.45. The Kier molecular flexibility index (Phi) is 2.32. The van der Waals surface area contributed by atoms with Crippen molar-refractivity contribution < 1.29 is 23.1 Å². The number of carbonyl (C=O) groups excluding carboxylic acids is 1. The van der Waals surface area contributed by atoms with Crippen LogP contribution < -0.4 is 9.62 Å². The molecule has 17 heavy (non-hydrogen) atoms. The molecule has 1 aromatic rings. The van der Waals surface area contributed by atoms with Crippen LogP contribution in [0.25, 0.3) is 0 Å². The van der Waals surface area contributed by atoms with Gasteiger partial charge in [-0.25, -0.2) is 22.7 Å². The van der Waals surface area contributed by atoms with Crippen molar-refractivity contribution >= 4 is 27.7 Å². The van der Waals surface area contributed by atoms with Crippen molar-refractivity contribution in [3.05, 3.63) is 23.8 Å². The maximum Gasteiger partial charge on any atom is 0.337 e. The summed E-state index contributed by atoms with van der Waals surface area (Å²) in [5, 5.41) is 8.96. The van der Waals surface area contributed by atoms with Gasteiger partial charge in [-0.2, -0.15) is 0 Å². The molecule has 0 spiro atoms. The standard InChI is InChI=1S/C9H8N2O5S/c1-11-7-5(8(12)13)3-2-4-6(7)17(15,16)10-9(11)14/h2-4H,1H3,(H,10,14)(H,12,13). The molecule has 2 amide bonds. The molecule has 0 unspecified atom stereocenters. The Bertz CT molecular complexity index is 622. The van der Waals surface area contributed by atoms with Gasteiger partial charge in [-0.1, -0.05) is 6.07 Å². The zero-order valence-electron chi connectivity index (χ0n) is 8.67. The van der Waals surface area contributed by atoms with Crippen LogP contribution in [0.2, 0.25) is 0 Å². The van der Waals surface area contributed by atoms with Gasteiger partial charge in [0.05, 0.1) is 11.3 Å². The molecule has 8 heteroatoms. The molecule has 0 saturated heterocycles. The van der Waals surface area contributed by atoms with Gasteiger partial charge in [-0.05, 0) is 12.1 Å². The van der Waals surface area contributed by atoms with E-state index in [-0.39, 0.29) is 16.1 Å². The number of nitrogens with zero attached hydrogens (tertiary/aromatic N) is 1. The number of anilines is 1. The van der Waals surface area contributed by atoms with Crippen LogP contribution in [0, 0.1) is 0 Å². The van der Waals surface area contributed by atoms with Crippen molar-refractivity contribution in [3.63, 3.8) is 0 Å². The first-order chi connectivity index (χ1) is 7.84. The summed E-state index contributed by atoms with van der Waals surface area (Å²) < 4.78 is 25.1. The summed E-state index contributed by atoms with van der Waals surface area (Å²) in [5.74, 6) is -1.29. The second-order valence-electron chi connectivity index (χ2n) is 3.43. The van der Waals surface area contributed by atoms with Crippen molar-refractivity contribution in [2.24, 2.45) is 0 Å². The molecule has 1 aliphatic heterocycles. The fraction of sp³-hybridized carbons (Fsp3) is 0.111. The van der Waals surface area contributed by atoms with E-state index in [1.807, 2.05) is 0 Å². The van der Waals surface area contributed by atoms with Crippen molar-refractivity contribution in [3.8, 4) is 0 Å². The zero-order chi connectivity index (χ0) is 12.8. The summed E-state index contributed by atoms with van der Waals surface area (Å²) in [7, 11) is -2.68. The Morgan fingerprint density at radius 3 is 2.65 bits per heavy atom. The van der Waals surface area contributed by atoms with Crippen molar-refractivity contribution in [2.75, 3.05) is 11.9 Å². The SMILES string of the molecule is CN1C(=O)NS(=O)(=O)c2cccc(C(=O)O)c21. The average molecular weight is 256 g/mol. The fourth-order valence-electron chi connectivity index (χ4n) is 1.60. The molecule has 0 bridgehead atoms. The summed E-state index contributed by atoms with van der Waals surface area (Å²) in [6.07, 6.45) is 0. The van der Waals surface area contributed by atoms with Gasteiger partial charge >= 0.3 is 12.0 Å². The van der Waals surface area contributed by atoms with E-state index in [1.165, 1.54) is 25.2 Å². The van der Waals surface area contributed by atoms with Crippen molar-refractivity contribution in [1.82, 2.24) is 4.72 Å². The predicted molar refractivity (Wildman–Crippen MR) is 57.5 cm³/mol. The minimum atomic E-state index is -3.98. The number of carbonyl (C=O) groups is 2. The van der Waals surface area contributed by atoms with Crippen molar-refractivity contribution in [2.45, 2.75) is 4.90 Å². The summed E-state index contributed by atoms with van der Waals surface area (Å²) in [5.41, 5.74) is -0.354. The first kappa shape index (κ1) is 11.4. The lowest BCUT2D eigenvalue weighted by Gasteiger charge is -2.27. The first-order valence-electron chi connectivity index (χ1n) is 4.51. The number of fused-ring (bicyclic) bond motifs is 1. The van der Waals surface area contributed by atoms with Crippen LogP contribution in [0.5, 0.6) is 0 Å². The number of rotatable bonds is 1. The Morgan fingerprint density at radius 2 is 2.06 bits per heavy atom. The molecule has 2 N–H and O–H groups in total. The molecular weight excluding hydrogens is 248 g/mol. The van der Waals surface area contributed by atoms with E-state index in [4.69, 9.17) is 5.11 Å². The van der Waals surface area contributed by atoms with E-state index in [0.717, 1.165) is 4.90 Å². The molecule has 0 radical (unpaired) electrons. The molecule has 1 heterocycles. The number of hydrogen-bond acceptors (Lipinski definition) is 4. The van der Waals surface area contributed by atoms with E-state index in [0.29, 0.717) is 0 Å². The third kappa shape index (κ3) is 1.62. The quantitative estimate of drug-likeness (QED) is 0.748. The molecule has 0 saturated carbocycles. The number of amides is 2. The van der Waals surface area contributed by atoms with E-state index >= 15 is 0 Å². The van der Waals surface area contributed by atoms with E-state index in [9.17, 15) is 18.0 Å². The van der Waals surface area contributed by atoms with Crippen LogP contribution in [0.15, 0.2) is 23.1 Å². The third-order valence-electron chi connectivity index (χ3n) is 2.38. The van der Waals surface area contributed by atoms with Crippen LogP contribution in [0.3, 0.4) is 0 Å². The third-order valence-corrected chi connectivity index (χ3v) is 3.73.